The molecule has 1 aromatic heterocycles. The van der Waals surface area contributed by atoms with E-state index in [1.807, 2.05) is 20.0 Å². The average molecular weight is 274 g/mol. The van der Waals surface area contributed by atoms with Crippen LogP contribution in [0.15, 0.2) is 12.3 Å². The molecule has 2 unspecified atom stereocenters. The van der Waals surface area contributed by atoms with E-state index in [0.717, 1.165) is 24.3 Å². The number of fused-ring (bicyclic) bond motifs is 1. The molecule has 2 saturated heterocycles. The lowest BCUT2D eigenvalue weighted by Crippen LogP contribution is -2.42. The predicted molar refractivity (Wildman–Crippen MR) is 79.0 cm³/mol. The number of amides is 1. The van der Waals surface area contributed by atoms with Gasteiger partial charge >= 0.3 is 0 Å². The fourth-order valence-corrected chi connectivity index (χ4v) is 3.44. The van der Waals surface area contributed by atoms with E-state index >= 15 is 0 Å². The average Bonchev–Trinajstić information content (AvgIpc) is 3.03. The van der Waals surface area contributed by atoms with Crippen molar-refractivity contribution in [3.05, 3.63) is 23.5 Å². The maximum absolute atomic E-state index is 12.5. The normalized spacial score (nSPS) is 25.5. The van der Waals surface area contributed by atoms with Crippen LogP contribution in [-0.4, -0.2) is 48.0 Å². The summed E-state index contributed by atoms with van der Waals surface area (Å²) in [5.41, 5.74) is 2.39. The second-order valence-corrected chi connectivity index (χ2v) is 5.74. The number of aromatic nitrogens is 1. The van der Waals surface area contributed by atoms with Gasteiger partial charge in [0.15, 0.2) is 0 Å². The molecule has 2 aliphatic rings. The zero-order valence-corrected chi connectivity index (χ0v) is 12.1. The minimum absolute atomic E-state index is 0.0133. The molecule has 3 rings (SSSR count). The summed E-state index contributed by atoms with van der Waals surface area (Å²) in [7, 11) is 1.83. The van der Waals surface area contributed by atoms with Crippen molar-refractivity contribution in [2.75, 3.05) is 25.5 Å². The molecule has 2 aliphatic heterocycles. The molecule has 5 heteroatoms. The Morgan fingerprint density at radius 2 is 2.25 bits per heavy atom. The van der Waals surface area contributed by atoms with Gasteiger partial charge in [0.2, 0.25) is 0 Å². The third-order valence-electron chi connectivity index (χ3n) is 4.48. The largest absolute Gasteiger partial charge is 0.387 e. The first kappa shape index (κ1) is 13.4. The van der Waals surface area contributed by atoms with Gasteiger partial charge < -0.3 is 10.6 Å². The van der Waals surface area contributed by atoms with E-state index in [2.05, 4.69) is 20.5 Å². The smallest absolute Gasteiger partial charge is 0.255 e. The second kappa shape index (κ2) is 5.40. The van der Waals surface area contributed by atoms with E-state index in [-0.39, 0.29) is 11.9 Å². The van der Waals surface area contributed by atoms with Crippen LogP contribution in [0.5, 0.6) is 0 Å². The van der Waals surface area contributed by atoms with Crippen molar-refractivity contribution in [1.82, 2.24) is 15.2 Å². The molecule has 0 radical (unpaired) electrons. The Bertz CT molecular complexity index is 517. The summed E-state index contributed by atoms with van der Waals surface area (Å²) < 4.78 is 0. The topological polar surface area (TPSA) is 57.3 Å². The monoisotopic (exact) mass is 274 g/mol. The van der Waals surface area contributed by atoms with Gasteiger partial charge in [0, 0.05) is 37.6 Å². The highest BCUT2D eigenvalue weighted by molar-refractivity contribution is 5.99. The Hall–Kier alpha value is -1.62. The van der Waals surface area contributed by atoms with E-state index in [4.69, 9.17) is 0 Å². The van der Waals surface area contributed by atoms with Crippen LogP contribution in [0, 0.1) is 6.92 Å². The third-order valence-corrected chi connectivity index (χ3v) is 4.48. The van der Waals surface area contributed by atoms with Crippen molar-refractivity contribution in [1.29, 1.82) is 0 Å². The molecule has 1 aromatic rings. The molecule has 0 aliphatic carbocycles. The van der Waals surface area contributed by atoms with Gasteiger partial charge in [-0.1, -0.05) is 0 Å². The van der Waals surface area contributed by atoms with Crippen LogP contribution in [-0.2, 0) is 0 Å². The van der Waals surface area contributed by atoms with Crippen molar-refractivity contribution < 1.29 is 4.79 Å². The molecule has 108 valence electrons. The lowest BCUT2D eigenvalue weighted by atomic mass is 10.1. The van der Waals surface area contributed by atoms with Gasteiger partial charge in [-0.05, 0) is 38.8 Å². The summed E-state index contributed by atoms with van der Waals surface area (Å²) in [4.78, 5) is 19.2. The first-order valence-corrected chi connectivity index (χ1v) is 7.38. The van der Waals surface area contributed by atoms with Crippen LogP contribution in [0.1, 0.15) is 35.3 Å². The van der Waals surface area contributed by atoms with Gasteiger partial charge in [0.05, 0.1) is 11.3 Å². The molecule has 5 nitrogen and oxygen atoms in total. The summed E-state index contributed by atoms with van der Waals surface area (Å²) in [5, 5.41) is 6.28. The van der Waals surface area contributed by atoms with Crippen LogP contribution < -0.4 is 10.6 Å². The zero-order valence-electron chi connectivity index (χ0n) is 12.1. The summed E-state index contributed by atoms with van der Waals surface area (Å²) in [6.07, 6.45) is 5.18. The minimum Gasteiger partial charge on any atom is -0.387 e. The van der Waals surface area contributed by atoms with Crippen molar-refractivity contribution >= 4 is 11.6 Å². The molecule has 0 spiro atoms. The maximum Gasteiger partial charge on any atom is 0.255 e. The highest BCUT2D eigenvalue weighted by atomic mass is 16.1. The number of pyridine rings is 1. The summed E-state index contributed by atoms with van der Waals surface area (Å²) in [5.74, 6) is -0.0133. The van der Waals surface area contributed by atoms with Crippen LogP contribution in [0.4, 0.5) is 5.69 Å². The second-order valence-electron chi connectivity index (χ2n) is 5.74. The SMILES string of the molecule is CNc1cc(C)ncc1C(=O)NC1CCN2CCCC12. The van der Waals surface area contributed by atoms with Crippen molar-refractivity contribution in [2.45, 2.75) is 38.3 Å². The fraction of sp³-hybridized carbons (Fsp3) is 0.600. The first-order valence-electron chi connectivity index (χ1n) is 7.38. The number of hydrogen-bond donors (Lipinski definition) is 2. The van der Waals surface area contributed by atoms with Gasteiger partial charge in [-0.15, -0.1) is 0 Å². The lowest BCUT2D eigenvalue weighted by Gasteiger charge is -2.21. The highest BCUT2D eigenvalue weighted by Gasteiger charge is 2.38. The lowest BCUT2D eigenvalue weighted by molar-refractivity contribution is 0.0930. The molecule has 3 heterocycles. The first-order chi connectivity index (χ1) is 9.69. The summed E-state index contributed by atoms with van der Waals surface area (Å²) in [6.45, 7) is 4.22. The van der Waals surface area contributed by atoms with E-state index < -0.39 is 0 Å². The highest BCUT2D eigenvalue weighted by Crippen LogP contribution is 2.28. The van der Waals surface area contributed by atoms with Crippen LogP contribution in [0.25, 0.3) is 0 Å². The van der Waals surface area contributed by atoms with Crippen molar-refractivity contribution in [3.63, 3.8) is 0 Å². The molecule has 0 aromatic carbocycles. The van der Waals surface area contributed by atoms with Crippen LogP contribution >= 0.6 is 0 Å². The minimum atomic E-state index is -0.0133. The number of hydrogen-bond acceptors (Lipinski definition) is 4. The molecular formula is C15H22N4O. The van der Waals surface area contributed by atoms with E-state index in [1.54, 1.807) is 6.20 Å². The van der Waals surface area contributed by atoms with E-state index in [0.29, 0.717) is 11.6 Å². The van der Waals surface area contributed by atoms with Crippen molar-refractivity contribution in [2.24, 2.45) is 0 Å². The Labute approximate surface area is 119 Å². The Kier molecular flexibility index (Phi) is 3.61. The van der Waals surface area contributed by atoms with Gasteiger partial charge in [-0.2, -0.15) is 0 Å². The van der Waals surface area contributed by atoms with Gasteiger partial charge in [0.1, 0.15) is 0 Å². The molecule has 1 amide bonds. The number of rotatable bonds is 3. The number of carbonyl (C=O) groups excluding carboxylic acids is 1. The molecule has 2 fully saturated rings. The van der Waals surface area contributed by atoms with Crippen LogP contribution in [0.3, 0.4) is 0 Å². The van der Waals surface area contributed by atoms with E-state index in [1.165, 1.54) is 19.4 Å². The molecule has 2 atom stereocenters. The fourth-order valence-electron chi connectivity index (χ4n) is 3.44. The third kappa shape index (κ3) is 2.38. The molecule has 0 saturated carbocycles. The number of nitrogens with zero attached hydrogens (tertiary/aromatic N) is 2. The number of anilines is 1. The number of carbonyl (C=O) groups is 1. The quantitative estimate of drug-likeness (QED) is 0.875. The Morgan fingerprint density at radius 1 is 1.40 bits per heavy atom. The standard InChI is InChI=1S/C15H22N4O/c1-10-8-13(16-2)11(9-17-10)15(20)18-12-5-7-19-6-3-4-14(12)19/h8-9,12,14H,3-7H2,1-2H3,(H,16,17)(H,18,20). The number of nitrogens with one attached hydrogen (secondary N) is 2. The van der Waals surface area contributed by atoms with Gasteiger partial charge in [-0.25, -0.2) is 0 Å². The predicted octanol–water partition coefficient (Wildman–Crippen LogP) is 1.40. The Morgan fingerprint density at radius 3 is 3.05 bits per heavy atom. The molecule has 20 heavy (non-hydrogen) atoms. The van der Waals surface area contributed by atoms with Crippen molar-refractivity contribution in [3.8, 4) is 0 Å². The van der Waals surface area contributed by atoms with Gasteiger partial charge in [0.25, 0.3) is 5.91 Å². The summed E-state index contributed by atoms with van der Waals surface area (Å²) >= 11 is 0. The molecule has 2 N–H and O–H groups in total. The summed E-state index contributed by atoms with van der Waals surface area (Å²) in [6, 6.07) is 2.73. The Balaban J connectivity index is 1.73. The number of aryl methyl sites for hydroxylation is 1. The van der Waals surface area contributed by atoms with Crippen LogP contribution in [0.2, 0.25) is 0 Å². The zero-order chi connectivity index (χ0) is 14.1. The maximum atomic E-state index is 12.5. The molecule has 0 bridgehead atoms. The van der Waals surface area contributed by atoms with Gasteiger partial charge in [-0.3, -0.25) is 14.7 Å². The van der Waals surface area contributed by atoms with E-state index in [9.17, 15) is 4.79 Å². The molecular weight excluding hydrogens is 252 g/mol.